The van der Waals surface area contributed by atoms with Crippen molar-refractivity contribution in [3.63, 3.8) is 0 Å². The molecule has 1 nitrogen and oxygen atoms in total. The predicted molar refractivity (Wildman–Crippen MR) is 198 cm³/mol. The summed E-state index contributed by atoms with van der Waals surface area (Å²) in [6.45, 7) is 0. The molecule has 0 unspecified atom stereocenters. The van der Waals surface area contributed by atoms with Gasteiger partial charge in [0.2, 0.25) is 0 Å². The molecule has 0 spiro atoms. The first-order valence-corrected chi connectivity index (χ1v) is 16.1. The Morgan fingerprint density at radius 3 is 1.30 bits per heavy atom. The fraction of sp³-hybridized carbons (Fsp3) is 0. The fourth-order valence-corrected chi connectivity index (χ4v) is 7.19. The van der Waals surface area contributed by atoms with Crippen molar-refractivity contribution >= 4 is 32.3 Å². The van der Waals surface area contributed by atoms with Gasteiger partial charge in [-0.3, -0.25) is 0 Å². The van der Waals surface area contributed by atoms with E-state index in [0.29, 0.717) is 0 Å². The van der Waals surface area contributed by atoms with Gasteiger partial charge >= 0.3 is 0 Å². The second-order valence-electron chi connectivity index (χ2n) is 12.0. The summed E-state index contributed by atoms with van der Waals surface area (Å²) in [6.07, 6.45) is 0. The average molecular weight is 599 g/mol. The molecule has 8 aromatic carbocycles. The highest BCUT2D eigenvalue weighted by molar-refractivity contribution is 6.24. The van der Waals surface area contributed by atoms with Crippen LogP contribution in [0.4, 0.5) is 0 Å². The van der Waals surface area contributed by atoms with E-state index in [0.717, 1.165) is 22.6 Å². The quantitative estimate of drug-likeness (QED) is 0.180. The van der Waals surface area contributed by atoms with Crippen molar-refractivity contribution < 1.29 is 4.42 Å². The summed E-state index contributed by atoms with van der Waals surface area (Å²) in [4.78, 5) is 0. The molecule has 9 rings (SSSR count). The molecular formula is C46H30O. The zero-order valence-electron chi connectivity index (χ0n) is 25.7. The molecule has 0 atom stereocenters. The van der Waals surface area contributed by atoms with Crippen molar-refractivity contribution in [3.8, 4) is 56.0 Å². The van der Waals surface area contributed by atoms with E-state index in [2.05, 4.69) is 164 Å². The Bertz CT molecular complexity index is 2500. The van der Waals surface area contributed by atoms with Gasteiger partial charge in [0, 0.05) is 11.1 Å². The zero-order chi connectivity index (χ0) is 31.2. The second-order valence-corrected chi connectivity index (χ2v) is 12.0. The minimum absolute atomic E-state index is 0.862. The Morgan fingerprint density at radius 2 is 0.681 bits per heavy atom. The van der Waals surface area contributed by atoms with Crippen LogP contribution in [0.2, 0.25) is 0 Å². The Kier molecular flexibility index (Phi) is 6.54. The molecule has 0 bridgehead atoms. The normalized spacial score (nSPS) is 11.4. The lowest BCUT2D eigenvalue weighted by Gasteiger charge is -2.20. The molecule has 0 N–H and O–H groups in total. The van der Waals surface area contributed by atoms with Crippen molar-refractivity contribution in [3.05, 3.63) is 182 Å². The van der Waals surface area contributed by atoms with E-state index in [4.69, 9.17) is 4.42 Å². The van der Waals surface area contributed by atoms with Gasteiger partial charge in [-0.2, -0.15) is 0 Å². The van der Waals surface area contributed by atoms with Crippen LogP contribution in [-0.2, 0) is 0 Å². The molecule has 0 saturated heterocycles. The summed E-state index contributed by atoms with van der Waals surface area (Å²) < 4.78 is 6.38. The van der Waals surface area contributed by atoms with Crippen LogP contribution in [0.5, 0.6) is 0 Å². The van der Waals surface area contributed by atoms with E-state index in [9.17, 15) is 0 Å². The molecule has 0 aliphatic heterocycles. The Morgan fingerprint density at radius 1 is 0.255 bits per heavy atom. The Labute approximate surface area is 274 Å². The monoisotopic (exact) mass is 598 g/mol. The summed E-state index contributed by atoms with van der Waals surface area (Å²) >= 11 is 0. The van der Waals surface area contributed by atoms with Crippen LogP contribution in [0.15, 0.2) is 186 Å². The zero-order valence-corrected chi connectivity index (χ0v) is 25.7. The highest BCUT2D eigenvalue weighted by Gasteiger charge is 2.19. The maximum atomic E-state index is 6.38. The molecule has 0 fully saturated rings. The number of fused-ring (bicyclic) bond motifs is 3. The largest absolute Gasteiger partial charge is 0.456 e. The number of furan rings is 1. The van der Waals surface area contributed by atoms with Crippen molar-refractivity contribution in [2.24, 2.45) is 0 Å². The minimum Gasteiger partial charge on any atom is -0.456 e. The molecule has 0 amide bonds. The molecule has 220 valence electrons. The Balaban J connectivity index is 1.27. The standard InChI is InChI=1S/C46H30O/c1-3-14-31(15-4-1)35-26-27-42(37-21-8-7-20-36(35)37)46-40-24-11-9-22-38(40)45(39-23-10-12-25-41(39)46)34-19-13-18-33(30-34)44-29-28-43(47-44)32-16-5-2-6-17-32/h1-30H. The smallest absolute Gasteiger partial charge is 0.134 e. The molecule has 0 aliphatic rings. The maximum absolute atomic E-state index is 6.38. The van der Waals surface area contributed by atoms with Gasteiger partial charge in [-0.1, -0.05) is 164 Å². The SMILES string of the molecule is c1ccc(-c2ccc(-c3cccc(-c4c5ccccc5c(-c5ccc(-c6ccccc6)c6ccccc56)c5ccccc45)c3)o2)cc1. The molecule has 0 saturated carbocycles. The highest BCUT2D eigenvalue weighted by atomic mass is 16.3. The second kappa shape index (κ2) is 11.3. The van der Waals surface area contributed by atoms with Gasteiger partial charge in [0.15, 0.2) is 0 Å². The Hall–Kier alpha value is -6.18. The lowest BCUT2D eigenvalue weighted by atomic mass is 9.83. The van der Waals surface area contributed by atoms with Crippen LogP contribution in [0.25, 0.3) is 88.3 Å². The van der Waals surface area contributed by atoms with Gasteiger partial charge < -0.3 is 4.42 Å². The summed E-state index contributed by atoms with van der Waals surface area (Å²) in [7, 11) is 0. The predicted octanol–water partition coefficient (Wildman–Crippen LogP) is 13.1. The summed E-state index contributed by atoms with van der Waals surface area (Å²) in [6, 6.07) is 65.0. The average Bonchev–Trinajstić information content (AvgIpc) is 3.65. The fourth-order valence-electron chi connectivity index (χ4n) is 7.19. The van der Waals surface area contributed by atoms with Crippen LogP contribution in [0, 0.1) is 0 Å². The number of hydrogen-bond acceptors (Lipinski definition) is 1. The van der Waals surface area contributed by atoms with E-state index < -0.39 is 0 Å². The minimum atomic E-state index is 0.862. The molecule has 47 heavy (non-hydrogen) atoms. The molecule has 1 heterocycles. The van der Waals surface area contributed by atoms with Gasteiger partial charge in [0.05, 0.1) is 0 Å². The van der Waals surface area contributed by atoms with Gasteiger partial charge in [0.25, 0.3) is 0 Å². The summed E-state index contributed by atoms with van der Waals surface area (Å²) in [5.74, 6) is 1.73. The first-order chi connectivity index (χ1) is 23.3. The van der Waals surface area contributed by atoms with Crippen molar-refractivity contribution in [2.75, 3.05) is 0 Å². The first kappa shape index (κ1) is 27.2. The van der Waals surface area contributed by atoms with Crippen molar-refractivity contribution in [2.45, 2.75) is 0 Å². The lowest BCUT2D eigenvalue weighted by Crippen LogP contribution is -1.92. The van der Waals surface area contributed by atoms with Gasteiger partial charge in [-0.25, -0.2) is 0 Å². The summed E-state index contributed by atoms with van der Waals surface area (Å²) in [5.41, 5.74) is 9.54. The number of rotatable bonds is 5. The summed E-state index contributed by atoms with van der Waals surface area (Å²) in [5, 5.41) is 7.47. The lowest BCUT2D eigenvalue weighted by molar-refractivity contribution is 0.597. The molecular weight excluding hydrogens is 569 g/mol. The van der Waals surface area contributed by atoms with E-state index >= 15 is 0 Å². The number of benzene rings is 8. The van der Waals surface area contributed by atoms with Crippen LogP contribution in [-0.4, -0.2) is 0 Å². The topological polar surface area (TPSA) is 13.1 Å². The van der Waals surface area contributed by atoms with E-state index in [1.54, 1.807) is 0 Å². The van der Waals surface area contributed by atoms with E-state index in [-0.39, 0.29) is 0 Å². The molecule has 1 heteroatoms. The van der Waals surface area contributed by atoms with Crippen molar-refractivity contribution in [1.82, 2.24) is 0 Å². The van der Waals surface area contributed by atoms with E-state index in [1.165, 1.54) is 65.7 Å². The highest BCUT2D eigenvalue weighted by Crippen LogP contribution is 2.46. The van der Waals surface area contributed by atoms with Gasteiger partial charge in [0.1, 0.15) is 11.5 Å². The van der Waals surface area contributed by atoms with Crippen LogP contribution >= 0.6 is 0 Å². The molecule has 0 aliphatic carbocycles. The van der Waals surface area contributed by atoms with Crippen LogP contribution < -0.4 is 0 Å². The third-order valence-electron chi connectivity index (χ3n) is 9.31. The number of hydrogen-bond donors (Lipinski definition) is 0. The third-order valence-corrected chi connectivity index (χ3v) is 9.31. The molecule has 1 aromatic heterocycles. The van der Waals surface area contributed by atoms with Crippen molar-refractivity contribution in [1.29, 1.82) is 0 Å². The van der Waals surface area contributed by atoms with Gasteiger partial charge in [-0.15, -0.1) is 0 Å². The van der Waals surface area contributed by atoms with E-state index in [1.807, 2.05) is 18.2 Å². The maximum Gasteiger partial charge on any atom is 0.134 e. The van der Waals surface area contributed by atoms with Crippen LogP contribution in [0.1, 0.15) is 0 Å². The van der Waals surface area contributed by atoms with Crippen LogP contribution in [0.3, 0.4) is 0 Å². The van der Waals surface area contributed by atoms with Gasteiger partial charge in [-0.05, 0) is 83.9 Å². The molecule has 9 aromatic rings. The first-order valence-electron chi connectivity index (χ1n) is 16.1. The third kappa shape index (κ3) is 4.64. The molecule has 0 radical (unpaired) electrons.